The van der Waals surface area contributed by atoms with E-state index < -0.39 is 36.7 Å². The van der Waals surface area contributed by atoms with E-state index in [9.17, 15) is 19.1 Å². The van der Waals surface area contributed by atoms with Gasteiger partial charge in [0.05, 0.1) is 30.9 Å². The summed E-state index contributed by atoms with van der Waals surface area (Å²) < 4.78 is 24.4. The number of nitrogens with one attached hydrogen (secondary N) is 2. The van der Waals surface area contributed by atoms with Crippen molar-refractivity contribution < 1.29 is 33.7 Å². The van der Waals surface area contributed by atoms with Crippen LogP contribution in [-0.2, 0) is 16.0 Å². The predicted octanol–water partition coefficient (Wildman–Crippen LogP) is 3.76. The number of benzene rings is 3. The molecule has 198 valence electrons. The Morgan fingerprint density at radius 3 is 2.57 bits per heavy atom. The fraction of sp³-hybridized carbons (Fsp3) is 0.308. The Kier molecular flexibility index (Phi) is 10.5. The summed E-state index contributed by atoms with van der Waals surface area (Å²) in [6.07, 6.45) is -1.82. The van der Waals surface area contributed by atoms with Crippen LogP contribution in [0, 0.1) is 5.82 Å². The zero-order chi connectivity index (χ0) is 26.8. The second-order valence-electron chi connectivity index (χ2n) is 8.30. The van der Waals surface area contributed by atoms with Gasteiger partial charge in [0.15, 0.2) is 0 Å². The highest BCUT2D eigenvalue weighted by atomic mass is 35.5. The minimum atomic E-state index is -1.09. The summed E-state index contributed by atoms with van der Waals surface area (Å²) in [5, 5.41) is 25.7. The number of halogens is 2. The van der Waals surface area contributed by atoms with E-state index in [-0.39, 0.29) is 31.4 Å². The molecule has 0 bridgehead atoms. The number of carbonyl (C=O) groups excluding carboxylic acids is 2. The lowest BCUT2D eigenvalue weighted by Crippen LogP contribution is -2.48. The van der Waals surface area contributed by atoms with Crippen molar-refractivity contribution in [3.63, 3.8) is 0 Å². The Bertz CT molecular complexity index is 1210. The molecule has 0 aromatic heterocycles. The van der Waals surface area contributed by atoms with Crippen LogP contribution in [0.25, 0.3) is 10.8 Å². The van der Waals surface area contributed by atoms with Crippen LogP contribution in [0.15, 0.2) is 60.7 Å². The number of nitrogens with zero attached hydrogens (tertiary/aromatic N) is 1. The van der Waals surface area contributed by atoms with E-state index in [0.717, 1.165) is 10.8 Å². The highest BCUT2D eigenvalue weighted by Crippen LogP contribution is 2.20. The van der Waals surface area contributed by atoms with Gasteiger partial charge < -0.3 is 29.9 Å². The Labute approximate surface area is 218 Å². The minimum Gasteiger partial charge on any atom is -0.447 e. The van der Waals surface area contributed by atoms with Crippen molar-refractivity contribution in [3.8, 4) is 0 Å². The molecule has 9 nitrogen and oxygen atoms in total. The third-order valence-electron chi connectivity index (χ3n) is 5.56. The largest absolute Gasteiger partial charge is 0.447 e. The number of aliphatic hydroxyl groups excluding tert-OH is 2. The molecule has 0 aliphatic carbocycles. The number of anilines is 1. The van der Waals surface area contributed by atoms with Crippen LogP contribution >= 0.6 is 11.6 Å². The van der Waals surface area contributed by atoms with Crippen LogP contribution < -0.4 is 10.6 Å². The Morgan fingerprint density at radius 2 is 1.81 bits per heavy atom. The number of hydrogen-bond donors (Lipinski definition) is 4. The van der Waals surface area contributed by atoms with E-state index in [1.807, 2.05) is 36.4 Å². The average Bonchev–Trinajstić information content (AvgIpc) is 2.90. The van der Waals surface area contributed by atoms with Crippen molar-refractivity contribution in [1.82, 2.24) is 10.2 Å². The summed E-state index contributed by atoms with van der Waals surface area (Å²) in [5.41, 5.74) is 0.939. The van der Waals surface area contributed by atoms with Gasteiger partial charge in [0.25, 0.3) is 0 Å². The molecule has 0 spiro atoms. The SMILES string of the molecule is CN(C(=O)NCc1cccc(F)c1Cl)[C@@H](COC[C@H](O)CO)COC(=O)Nc1ccc2ccccc2c1. The van der Waals surface area contributed by atoms with E-state index in [1.165, 1.54) is 24.1 Å². The van der Waals surface area contributed by atoms with Crippen LogP contribution in [0.2, 0.25) is 5.02 Å². The van der Waals surface area contributed by atoms with Crippen molar-refractivity contribution in [2.75, 3.05) is 38.8 Å². The van der Waals surface area contributed by atoms with E-state index in [2.05, 4.69) is 10.6 Å². The van der Waals surface area contributed by atoms with Crippen LogP contribution in [0.4, 0.5) is 19.7 Å². The molecule has 3 rings (SSSR count). The zero-order valence-corrected chi connectivity index (χ0v) is 21.0. The van der Waals surface area contributed by atoms with E-state index in [0.29, 0.717) is 11.3 Å². The molecule has 0 aliphatic heterocycles. The van der Waals surface area contributed by atoms with Crippen molar-refractivity contribution in [1.29, 1.82) is 0 Å². The number of aliphatic hydroxyl groups is 2. The Hall–Kier alpha value is -3.44. The van der Waals surface area contributed by atoms with Gasteiger partial charge in [-0.25, -0.2) is 14.0 Å². The number of urea groups is 1. The summed E-state index contributed by atoms with van der Waals surface area (Å²) >= 11 is 5.95. The van der Waals surface area contributed by atoms with E-state index in [1.54, 1.807) is 12.1 Å². The van der Waals surface area contributed by atoms with E-state index in [4.69, 9.17) is 26.2 Å². The first-order chi connectivity index (χ1) is 17.8. The van der Waals surface area contributed by atoms with Gasteiger partial charge in [-0.1, -0.05) is 54.1 Å². The second kappa shape index (κ2) is 13.8. The number of ether oxygens (including phenoxy) is 2. The quantitative estimate of drug-likeness (QED) is 0.298. The highest BCUT2D eigenvalue weighted by Gasteiger charge is 2.23. The lowest BCUT2D eigenvalue weighted by atomic mass is 10.1. The molecule has 11 heteroatoms. The number of hydrogen-bond acceptors (Lipinski definition) is 6. The number of carbonyl (C=O) groups is 2. The number of fused-ring (bicyclic) bond motifs is 1. The molecule has 4 N–H and O–H groups in total. The molecule has 0 saturated heterocycles. The van der Waals surface area contributed by atoms with Crippen molar-refractivity contribution in [2.24, 2.45) is 0 Å². The van der Waals surface area contributed by atoms with Crippen LogP contribution in [-0.4, -0.2) is 72.9 Å². The fourth-order valence-corrected chi connectivity index (χ4v) is 3.60. The average molecular weight is 534 g/mol. The van der Waals surface area contributed by atoms with Crippen LogP contribution in [0.3, 0.4) is 0 Å². The fourth-order valence-electron chi connectivity index (χ4n) is 3.40. The maximum atomic E-state index is 13.7. The number of likely N-dealkylation sites (N-methyl/N-ethyl adjacent to an activating group) is 1. The molecule has 37 heavy (non-hydrogen) atoms. The molecule has 0 unspecified atom stereocenters. The third-order valence-corrected chi connectivity index (χ3v) is 5.99. The van der Waals surface area contributed by atoms with Gasteiger partial charge in [0.2, 0.25) is 0 Å². The predicted molar refractivity (Wildman–Crippen MR) is 138 cm³/mol. The van der Waals surface area contributed by atoms with E-state index >= 15 is 0 Å². The lowest BCUT2D eigenvalue weighted by molar-refractivity contribution is -0.0154. The highest BCUT2D eigenvalue weighted by molar-refractivity contribution is 6.31. The molecule has 0 heterocycles. The summed E-state index contributed by atoms with van der Waals surface area (Å²) in [6.45, 7) is -1.01. The lowest BCUT2D eigenvalue weighted by Gasteiger charge is -2.28. The van der Waals surface area contributed by atoms with Crippen molar-refractivity contribution in [2.45, 2.75) is 18.7 Å². The monoisotopic (exact) mass is 533 g/mol. The molecule has 0 aliphatic rings. The molecule has 3 amide bonds. The van der Waals surface area contributed by atoms with Gasteiger partial charge in [-0.15, -0.1) is 0 Å². The number of amides is 3. The number of rotatable bonds is 11. The first-order valence-electron chi connectivity index (χ1n) is 11.5. The molecule has 0 saturated carbocycles. The summed E-state index contributed by atoms with van der Waals surface area (Å²) in [4.78, 5) is 26.4. The normalized spacial score (nSPS) is 12.6. The summed E-state index contributed by atoms with van der Waals surface area (Å²) in [7, 11) is 1.48. The maximum absolute atomic E-state index is 13.7. The molecule has 2 atom stereocenters. The van der Waals surface area contributed by atoms with Gasteiger partial charge in [0.1, 0.15) is 18.5 Å². The van der Waals surface area contributed by atoms with Gasteiger partial charge in [-0.05, 0) is 34.5 Å². The third kappa shape index (κ3) is 8.29. The molecule has 3 aromatic rings. The molecule has 0 radical (unpaired) electrons. The smallest absolute Gasteiger partial charge is 0.411 e. The maximum Gasteiger partial charge on any atom is 0.411 e. The van der Waals surface area contributed by atoms with Crippen molar-refractivity contribution in [3.05, 3.63) is 77.1 Å². The van der Waals surface area contributed by atoms with Crippen LogP contribution in [0.5, 0.6) is 0 Å². The molecule has 3 aromatic carbocycles. The van der Waals surface area contributed by atoms with Crippen molar-refractivity contribution >= 4 is 40.2 Å². The van der Waals surface area contributed by atoms with Gasteiger partial charge in [0, 0.05) is 19.3 Å². The van der Waals surface area contributed by atoms with Crippen LogP contribution in [0.1, 0.15) is 5.56 Å². The first kappa shape index (κ1) is 28.1. The van der Waals surface area contributed by atoms with Gasteiger partial charge in [-0.2, -0.15) is 0 Å². The Balaban J connectivity index is 1.59. The van der Waals surface area contributed by atoms with Gasteiger partial charge in [-0.3, -0.25) is 5.32 Å². The Morgan fingerprint density at radius 1 is 1.05 bits per heavy atom. The zero-order valence-electron chi connectivity index (χ0n) is 20.2. The molecule has 0 fully saturated rings. The topological polar surface area (TPSA) is 120 Å². The first-order valence-corrected chi connectivity index (χ1v) is 11.9. The van der Waals surface area contributed by atoms with Gasteiger partial charge >= 0.3 is 12.1 Å². The standard InChI is InChI=1S/C26H29ClFN3O6/c1-31(25(34)29-12-19-7-4-8-23(28)24(19)27)21(14-36-16-22(33)13-32)15-37-26(35)30-20-10-9-17-5-2-3-6-18(17)11-20/h2-11,21-22,32-33H,12-16H2,1H3,(H,29,34)(H,30,35)/t21-,22+/m0/s1. The second-order valence-corrected chi connectivity index (χ2v) is 8.67. The summed E-state index contributed by atoms with van der Waals surface area (Å²) in [5.74, 6) is -0.596. The minimum absolute atomic E-state index is 0.0279. The summed E-state index contributed by atoms with van der Waals surface area (Å²) in [6, 6.07) is 16.1. The molecular formula is C26H29ClFN3O6. The molecular weight excluding hydrogens is 505 g/mol.